The smallest absolute Gasteiger partial charge is 0.298 e. The fourth-order valence-corrected chi connectivity index (χ4v) is 0.529. The van der Waals surface area contributed by atoms with E-state index >= 15 is 0 Å². The summed E-state index contributed by atoms with van der Waals surface area (Å²) in [6.45, 7) is 11.0. The van der Waals surface area contributed by atoms with Gasteiger partial charge in [-0.2, -0.15) is 4.89 Å². The van der Waals surface area contributed by atoms with Crippen LogP contribution in [0.2, 0.25) is 0 Å². The summed E-state index contributed by atoms with van der Waals surface area (Å²) in [7, 11) is 0. The van der Waals surface area contributed by atoms with Crippen LogP contribution < -0.4 is 0 Å². The Balaban J connectivity index is 3.58. The van der Waals surface area contributed by atoms with Crippen molar-refractivity contribution in [3.63, 3.8) is 0 Å². The summed E-state index contributed by atoms with van der Waals surface area (Å²) in [4.78, 5) is 20.4. The van der Waals surface area contributed by atoms with Gasteiger partial charge in [-0.15, -0.1) is 6.58 Å². The van der Waals surface area contributed by atoms with Crippen molar-refractivity contribution in [1.82, 2.24) is 0 Å². The summed E-state index contributed by atoms with van der Waals surface area (Å²) in [5, 5.41) is 0. The zero-order valence-corrected chi connectivity index (χ0v) is 8.85. The maximum absolute atomic E-state index is 11.0. The Morgan fingerprint density at radius 3 is 2.23 bits per heavy atom. The summed E-state index contributed by atoms with van der Waals surface area (Å²) in [6.07, 6.45) is 0.970. The van der Waals surface area contributed by atoms with Crippen LogP contribution in [0.4, 0.5) is 0 Å². The van der Waals surface area contributed by atoms with Crippen LogP contribution in [-0.2, 0) is 14.6 Å². The predicted molar refractivity (Wildman–Crippen MR) is 51.0 cm³/mol. The molecule has 0 saturated heterocycles. The Labute approximate surface area is 79.7 Å². The van der Waals surface area contributed by atoms with Gasteiger partial charge in [0.1, 0.15) is 5.60 Å². The predicted octanol–water partition coefficient (Wildman–Crippen LogP) is 2.62. The maximum atomic E-state index is 11.0. The van der Waals surface area contributed by atoms with Crippen LogP contribution in [0.5, 0.6) is 0 Å². The number of carbonyl (C=O) groups is 1. The van der Waals surface area contributed by atoms with Crippen molar-refractivity contribution in [3.8, 4) is 0 Å². The summed E-state index contributed by atoms with van der Waals surface area (Å²) in [6, 6.07) is 0. The lowest BCUT2D eigenvalue weighted by Crippen LogP contribution is -2.21. The van der Waals surface area contributed by atoms with E-state index < -0.39 is 5.60 Å². The highest BCUT2D eigenvalue weighted by atomic mass is 17.2. The van der Waals surface area contributed by atoms with Gasteiger partial charge in [-0.25, -0.2) is 4.79 Å². The van der Waals surface area contributed by atoms with Gasteiger partial charge in [-0.05, 0) is 34.1 Å². The van der Waals surface area contributed by atoms with Crippen molar-refractivity contribution in [2.45, 2.75) is 46.1 Å². The second-order valence-electron chi connectivity index (χ2n) is 4.11. The topological polar surface area (TPSA) is 35.5 Å². The molecule has 0 amide bonds. The second kappa shape index (κ2) is 5.02. The molecule has 0 unspecified atom stereocenters. The van der Waals surface area contributed by atoms with Gasteiger partial charge in [-0.3, -0.25) is 4.89 Å². The Hall–Kier alpha value is -0.830. The normalized spacial score (nSPS) is 11.1. The molecule has 0 spiro atoms. The average Bonchev–Trinajstić information content (AvgIpc) is 1.95. The van der Waals surface area contributed by atoms with Crippen LogP contribution in [0.15, 0.2) is 12.2 Å². The first-order chi connectivity index (χ1) is 5.81. The van der Waals surface area contributed by atoms with E-state index in [1.165, 1.54) is 0 Å². The molecule has 0 aromatic carbocycles. The molecule has 0 rings (SSSR count). The Morgan fingerprint density at radius 2 is 1.85 bits per heavy atom. The second-order valence-corrected chi connectivity index (χ2v) is 4.11. The van der Waals surface area contributed by atoms with Gasteiger partial charge in [0, 0.05) is 0 Å². The van der Waals surface area contributed by atoms with Gasteiger partial charge in [0.15, 0.2) is 0 Å². The molecule has 3 nitrogen and oxygen atoms in total. The molecule has 76 valence electrons. The van der Waals surface area contributed by atoms with Crippen molar-refractivity contribution in [2.75, 3.05) is 0 Å². The van der Waals surface area contributed by atoms with Gasteiger partial charge in [0.2, 0.25) is 0 Å². The molecule has 0 fully saturated rings. The third-order valence-electron chi connectivity index (χ3n) is 1.14. The van der Waals surface area contributed by atoms with E-state index in [0.29, 0.717) is 12.8 Å². The Morgan fingerprint density at radius 1 is 1.31 bits per heavy atom. The third-order valence-corrected chi connectivity index (χ3v) is 1.14. The van der Waals surface area contributed by atoms with Gasteiger partial charge in [0.25, 0.3) is 0 Å². The number of rotatable bonds is 4. The molecular weight excluding hydrogens is 168 g/mol. The van der Waals surface area contributed by atoms with Crippen molar-refractivity contribution >= 4 is 5.97 Å². The van der Waals surface area contributed by atoms with Crippen LogP contribution in [0.3, 0.4) is 0 Å². The Kier molecular flexibility index (Phi) is 4.70. The van der Waals surface area contributed by atoms with E-state index in [0.717, 1.165) is 5.57 Å². The lowest BCUT2D eigenvalue weighted by molar-refractivity contribution is -0.320. The SMILES string of the molecule is C=C(C)CCC(=O)OOC(C)(C)C. The van der Waals surface area contributed by atoms with Crippen molar-refractivity contribution in [3.05, 3.63) is 12.2 Å². The molecule has 0 aromatic heterocycles. The minimum Gasteiger partial charge on any atom is -0.298 e. The largest absolute Gasteiger partial charge is 0.342 e. The summed E-state index contributed by atoms with van der Waals surface area (Å²) >= 11 is 0. The van der Waals surface area contributed by atoms with Crippen LogP contribution in [0.25, 0.3) is 0 Å². The quantitative estimate of drug-likeness (QED) is 0.384. The van der Waals surface area contributed by atoms with E-state index in [-0.39, 0.29) is 5.97 Å². The van der Waals surface area contributed by atoms with Crippen molar-refractivity contribution in [2.24, 2.45) is 0 Å². The lowest BCUT2D eigenvalue weighted by atomic mass is 10.2. The number of hydrogen-bond acceptors (Lipinski definition) is 3. The highest BCUT2D eigenvalue weighted by molar-refractivity contribution is 5.68. The molecule has 0 N–H and O–H groups in total. The number of carbonyl (C=O) groups excluding carboxylic acids is 1. The van der Waals surface area contributed by atoms with Gasteiger partial charge >= 0.3 is 5.97 Å². The standard InChI is InChI=1S/C10H18O3/c1-8(2)6-7-9(11)12-13-10(3,4)5/h1,6-7H2,2-5H3. The fourth-order valence-electron chi connectivity index (χ4n) is 0.529. The first-order valence-corrected chi connectivity index (χ1v) is 4.34. The lowest BCUT2D eigenvalue weighted by Gasteiger charge is -2.16. The third kappa shape index (κ3) is 9.08. The fraction of sp³-hybridized carbons (Fsp3) is 0.700. The molecule has 0 bridgehead atoms. The van der Waals surface area contributed by atoms with Gasteiger partial charge in [0.05, 0.1) is 6.42 Å². The van der Waals surface area contributed by atoms with Gasteiger partial charge < -0.3 is 0 Å². The maximum Gasteiger partial charge on any atom is 0.342 e. The molecule has 0 saturated carbocycles. The Bertz CT molecular complexity index is 189. The molecule has 0 aliphatic carbocycles. The van der Waals surface area contributed by atoms with E-state index in [1.54, 1.807) is 0 Å². The molecule has 3 heteroatoms. The van der Waals surface area contributed by atoms with E-state index in [4.69, 9.17) is 4.89 Å². The van der Waals surface area contributed by atoms with E-state index in [1.807, 2.05) is 27.7 Å². The van der Waals surface area contributed by atoms with E-state index in [9.17, 15) is 4.79 Å². The average molecular weight is 186 g/mol. The molecule has 0 atom stereocenters. The van der Waals surface area contributed by atoms with Crippen LogP contribution >= 0.6 is 0 Å². The molecule has 0 radical (unpaired) electrons. The molecule has 13 heavy (non-hydrogen) atoms. The minimum absolute atomic E-state index is 0.325. The summed E-state index contributed by atoms with van der Waals surface area (Å²) < 4.78 is 0. The first-order valence-electron chi connectivity index (χ1n) is 4.34. The highest BCUT2D eigenvalue weighted by Crippen LogP contribution is 2.09. The monoisotopic (exact) mass is 186 g/mol. The van der Waals surface area contributed by atoms with Crippen LogP contribution in [-0.4, -0.2) is 11.6 Å². The molecule has 0 aliphatic heterocycles. The van der Waals surface area contributed by atoms with Crippen LogP contribution in [0.1, 0.15) is 40.5 Å². The van der Waals surface area contributed by atoms with Crippen LogP contribution in [0, 0.1) is 0 Å². The van der Waals surface area contributed by atoms with Gasteiger partial charge in [-0.1, -0.05) is 5.57 Å². The molecule has 0 aromatic rings. The minimum atomic E-state index is -0.446. The number of allylic oxidation sites excluding steroid dienone is 1. The number of hydrogen-bond donors (Lipinski definition) is 0. The van der Waals surface area contributed by atoms with Crippen molar-refractivity contribution < 1.29 is 14.6 Å². The van der Waals surface area contributed by atoms with Crippen molar-refractivity contribution in [1.29, 1.82) is 0 Å². The summed E-state index contributed by atoms with van der Waals surface area (Å²) in [5.74, 6) is -0.349. The molecule has 0 aliphatic rings. The zero-order valence-electron chi connectivity index (χ0n) is 8.85. The highest BCUT2D eigenvalue weighted by Gasteiger charge is 2.14. The first kappa shape index (κ1) is 12.2. The zero-order chi connectivity index (χ0) is 10.5. The summed E-state index contributed by atoms with van der Waals surface area (Å²) in [5.41, 5.74) is 0.520. The molecular formula is C10H18O3. The molecule has 0 heterocycles. The van der Waals surface area contributed by atoms with E-state index in [2.05, 4.69) is 11.5 Å².